The molecule has 1 aromatic rings. The van der Waals surface area contributed by atoms with Gasteiger partial charge in [-0.25, -0.2) is 0 Å². The normalized spacial score (nSPS) is 14.2. The van der Waals surface area contributed by atoms with Crippen LogP contribution < -0.4 is 5.73 Å². The topological polar surface area (TPSA) is 38.9 Å². The molecule has 0 unspecified atom stereocenters. The second-order valence-electron chi connectivity index (χ2n) is 2.70. The summed E-state index contributed by atoms with van der Waals surface area (Å²) in [6, 6.07) is 0.829. The molecule has 0 aliphatic heterocycles. The molecule has 1 heterocycles. The standard InChI is InChI=1S/C8H9F3N2/c1-5-6(3-2-4-13-5)7(12)8(9,10)11/h2-4,7H,12H2,1H3/t7-/m1/s1. The van der Waals surface area contributed by atoms with Crippen molar-refractivity contribution < 1.29 is 13.2 Å². The number of aryl methyl sites for hydroxylation is 1. The van der Waals surface area contributed by atoms with Crippen molar-refractivity contribution in [2.75, 3.05) is 0 Å². The number of alkyl halides is 3. The molecular formula is C8H9F3N2. The fourth-order valence-corrected chi connectivity index (χ4v) is 1.00. The summed E-state index contributed by atoms with van der Waals surface area (Å²) < 4.78 is 36.5. The minimum Gasteiger partial charge on any atom is -0.316 e. The van der Waals surface area contributed by atoms with Crippen LogP contribution >= 0.6 is 0 Å². The minimum atomic E-state index is -4.41. The van der Waals surface area contributed by atoms with Crippen LogP contribution in [0.3, 0.4) is 0 Å². The smallest absolute Gasteiger partial charge is 0.316 e. The average molecular weight is 190 g/mol. The van der Waals surface area contributed by atoms with E-state index in [1.807, 2.05) is 0 Å². The molecule has 0 saturated heterocycles. The zero-order valence-electron chi connectivity index (χ0n) is 6.97. The first kappa shape index (κ1) is 9.98. The van der Waals surface area contributed by atoms with Gasteiger partial charge in [-0.1, -0.05) is 6.07 Å². The first-order valence-corrected chi connectivity index (χ1v) is 3.66. The predicted molar refractivity (Wildman–Crippen MR) is 42.0 cm³/mol. The van der Waals surface area contributed by atoms with Gasteiger partial charge in [-0.15, -0.1) is 0 Å². The van der Waals surface area contributed by atoms with Crippen molar-refractivity contribution in [2.45, 2.75) is 19.1 Å². The van der Waals surface area contributed by atoms with Crippen molar-refractivity contribution >= 4 is 0 Å². The van der Waals surface area contributed by atoms with Crippen molar-refractivity contribution in [1.29, 1.82) is 0 Å². The van der Waals surface area contributed by atoms with Gasteiger partial charge in [0.25, 0.3) is 0 Å². The molecule has 13 heavy (non-hydrogen) atoms. The highest BCUT2D eigenvalue weighted by Gasteiger charge is 2.38. The van der Waals surface area contributed by atoms with Crippen LogP contribution in [-0.4, -0.2) is 11.2 Å². The molecule has 0 aliphatic rings. The van der Waals surface area contributed by atoms with E-state index in [-0.39, 0.29) is 5.56 Å². The van der Waals surface area contributed by atoms with E-state index in [1.54, 1.807) is 0 Å². The molecule has 2 N–H and O–H groups in total. The molecule has 1 atom stereocenters. The van der Waals surface area contributed by atoms with Gasteiger partial charge in [-0.2, -0.15) is 13.2 Å². The Morgan fingerprint density at radius 3 is 2.54 bits per heavy atom. The van der Waals surface area contributed by atoms with Crippen molar-refractivity contribution in [2.24, 2.45) is 5.73 Å². The zero-order valence-corrected chi connectivity index (χ0v) is 6.97. The molecule has 0 radical (unpaired) electrons. The van der Waals surface area contributed by atoms with Crippen LogP contribution in [0.15, 0.2) is 18.3 Å². The molecule has 1 rings (SSSR count). The molecule has 0 saturated carbocycles. The molecule has 0 aliphatic carbocycles. The molecule has 0 fully saturated rings. The first-order chi connectivity index (χ1) is 5.93. The Morgan fingerprint density at radius 2 is 2.08 bits per heavy atom. The summed E-state index contributed by atoms with van der Waals surface area (Å²) in [6.45, 7) is 1.50. The lowest BCUT2D eigenvalue weighted by atomic mass is 10.1. The van der Waals surface area contributed by atoms with Crippen LogP contribution in [0.1, 0.15) is 17.3 Å². The van der Waals surface area contributed by atoms with Gasteiger partial charge in [0.2, 0.25) is 0 Å². The lowest BCUT2D eigenvalue weighted by Crippen LogP contribution is -2.29. The number of nitrogens with two attached hydrogens (primary N) is 1. The molecule has 5 heteroatoms. The Morgan fingerprint density at radius 1 is 1.46 bits per heavy atom. The Labute approximate surface area is 73.6 Å². The summed E-state index contributed by atoms with van der Waals surface area (Å²) >= 11 is 0. The van der Waals surface area contributed by atoms with Gasteiger partial charge in [0, 0.05) is 11.9 Å². The highest BCUT2D eigenvalue weighted by Crippen LogP contribution is 2.31. The Bertz CT molecular complexity index is 296. The van der Waals surface area contributed by atoms with E-state index in [0.29, 0.717) is 5.69 Å². The minimum absolute atomic E-state index is 0.0231. The van der Waals surface area contributed by atoms with E-state index in [4.69, 9.17) is 5.73 Å². The van der Waals surface area contributed by atoms with Gasteiger partial charge in [-0.3, -0.25) is 4.98 Å². The van der Waals surface area contributed by atoms with Crippen LogP contribution in [-0.2, 0) is 0 Å². The van der Waals surface area contributed by atoms with E-state index in [1.165, 1.54) is 25.3 Å². The number of rotatable bonds is 1. The lowest BCUT2D eigenvalue weighted by molar-refractivity contribution is -0.149. The van der Waals surface area contributed by atoms with Gasteiger partial charge in [0.05, 0.1) is 0 Å². The summed E-state index contributed by atoms with van der Waals surface area (Å²) in [6.07, 6.45) is -2.98. The van der Waals surface area contributed by atoms with E-state index >= 15 is 0 Å². The van der Waals surface area contributed by atoms with Gasteiger partial charge in [-0.05, 0) is 18.6 Å². The van der Waals surface area contributed by atoms with Crippen molar-refractivity contribution in [3.8, 4) is 0 Å². The highest BCUT2D eigenvalue weighted by molar-refractivity contribution is 5.23. The number of aromatic nitrogens is 1. The molecule has 1 aromatic heterocycles. The van der Waals surface area contributed by atoms with Gasteiger partial charge in [0.1, 0.15) is 6.04 Å². The Kier molecular flexibility index (Phi) is 2.56. The summed E-state index contributed by atoms with van der Waals surface area (Å²) in [5.41, 5.74) is 5.34. The molecule has 72 valence electrons. The quantitative estimate of drug-likeness (QED) is 0.735. The van der Waals surface area contributed by atoms with Crippen LogP contribution in [0.25, 0.3) is 0 Å². The van der Waals surface area contributed by atoms with Crippen LogP contribution in [0.5, 0.6) is 0 Å². The number of halogens is 3. The monoisotopic (exact) mass is 190 g/mol. The highest BCUT2D eigenvalue weighted by atomic mass is 19.4. The van der Waals surface area contributed by atoms with Gasteiger partial charge in [0.15, 0.2) is 0 Å². The largest absolute Gasteiger partial charge is 0.407 e. The number of nitrogens with zero attached hydrogens (tertiary/aromatic N) is 1. The van der Waals surface area contributed by atoms with Gasteiger partial charge >= 0.3 is 6.18 Å². The van der Waals surface area contributed by atoms with Crippen LogP contribution in [0, 0.1) is 6.92 Å². The van der Waals surface area contributed by atoms with Crippen molar-refractivity contribution in [1.82, 2.24) is 4.98 Å². The van der Waals surface area contributed by atoms with Crippen LogP contribution in [0.4, 0.5) is 13.2 Å². The Hall–Kier alpha value is -1.10. The summed E-state index contributed by atoms with van der Waals surface area (Å²) in [5, 5.41) is 0. The van der Waals surface area contributed by atoms with Crippen molar-refractivity contribution in [3.05, 3.63) is 29.6 Å². The molecule has 0 bridgehead atoms. The Balaban J connectivity index is 3.02. The van der Waals surface area contributed by atoms with E-state index in [2.05, 4.69) is 4.98 Å². The molecule has 2 nitrogen and oxygen atoms in total. The summed E-state index contributed by atoms with van der Waals surface area (Å²) in [4.78, 5) is 3.73. The zero-order chi connectivity index (χ0) is 10.1. The molecule has 0 amide bonds. The second kappa shape index (κ2) is 3.33. The molecule has 0 spiro atoms. The maximum Gasteiger partial charge on any atom is 0.407 e. The third-order valence-electron chi connectivity index (χ3n) is 1.74. The average Bonchev–Trinajstić information content (AvgIpc) is 2.02. The number of hydrogen-bond acceptors (Lipinski definition) is 2. The first-order valence-electron chi connectivity index (χ1n) is 3.66. The second-order valence-corrected chi connectivity index (χ2v) is 2.70. The maximum absolute atomic E-state index is 12.2. The SMILES string of the molecule is Cc1ncccc1[C@@H](N)C(F)(F)F. The lowest BCUT2D eigenvalue weighted by Gasteiger charge is -2.16. The summed E-state index contributed by atoms with van der Waals surface area (Å²) in [5.74, 6) is 0. The van der Waals surface area contributed by atoms with Gasteiger partial charge < -0.3 is 5.73 Å². The summed E-state index contributed by atoms with van der Waals surface area (Å²) in [7, 11) is 0. The molecule has 0 aromatic carbocycles. The van der Waals surface area contributed by atoms with Crippen molar-refractivity contribution in [3.63, 3.8) is 0 Å². The predicted octanol–water partition coefficient (Wildman–Crippen LogP) is 1.95. The third-order valence-corrected chi connectivity index (χ3v) is 1.74. The van der Waals surface area contributed by atoms with Crippen LogP contribution in [0.2, 0.25) is 0 Å². The fraction of sp³-hybridized carbons (Fsp3) is 0.375. The maximum atomic E-state index is 12.2. The fourth-order valence-electron chi connectivity index (χ4n) is 1.00. The third kappa shape index (κ3) is 2.18. The molecular weight excluding hydrogens is 181 g/mol. The van der Waals surface area contributed by atoms with E-state index < -0.39 is 12.2 Å². The number of pyridine rings is 1. The van der Waals surface area contributed by atoms with E-state index in [9.17, 15) is 13.2 Å². The number of hydrogen-bond donors (Lipinski definition) is 1. The van der Waals surface area contributed by atoms with E-state index in [0.717, 1.165) is 0 Å².